The molecule has 1 fully saturated rings. The SMILES string of the molecule is [C-]#[N+]c1ccc2[nH]c(C3CCN(C(=O)OC(C)(C)C)C3)nc2c1. The summed E-state index contributed by atoms with van der Waals surface area (Å²) in [5.74, 6) is 1.04. The van der Waals surface area contributed by atoms with E-state index in [0.717, 1.165) is 23.3 Å². The number of nitrogens with one attached hydrogen (secondary N) is 1. The van der Waals surface area contributed by atoms with Crippen molar-refractivity contribution >= 4 is 22.8 Å². The van der Waals surface area contributed by atoms with Crippen LogP contribution in [-0.4, -0.2) is 39.7 Å². The van der Waals surface area contributed by atoms with Gasteiger partial charge < -0.3 is 14.6 Å². The quantitative estimate of drug-likeness (QED) is 0.814. The molecule has 0 aliphatic carbocycles. The third-order valence-corrected chi connectivity index (χ3v) is 3.84. The Kier molecular flexibility index (Phi) is 3.72. The predicted molar refractivity (Wildman–Crippen MR) is 87.5 cm³/mol. The lowest BCUT2D eigenvalue weighted by Crippen LogP contribution is -2.35. The van der Waals surface area contributed by atoms with Crippen molar-refractivity contribution in [3.63, 3.8) is 0 Å². The highest BCUT2D eigenvalue weighted by atomic mass is 16.6. The molecule has 3 rings (SSSR count). The molecule has 1 aromatic carbocycles. The molecule has 0 radical (unpaired) electrons. The summed E-state index contributed by atoms with van der Waals surface area (Å²) in [7, 11) is 0. The standard InChI is InChI=1S/C17H20N4O2/c1-17(2,3)23-16(22)21-8-7-11(10-21)15-19-13-6-5-12(18-4)9-14(13)20-15/h5-6,9,11H,7-8,10H2,1-3H3,(H,19,20). The number of carbonyl (C=O) groups is 1. The van der Waals surface area contributed by atoms with Crippen molar-refractivity contribution in [3.05, 3.63) is 35.4 Å². The molecule has 0 saturated carbocycles. The van der Waals surface area contributed by atoms with Crippen LogP contribution >= 0.6 is 0 Å². The molecule has 1 aromatic heterocycles. The highest BCUT2D eigenvalue weighted by Gasteiger charge is 2.32. The van der Waals surface area contributed by atoms with Crippen molar-refractivity contribution in [2.75, 3.05) is 13.1 Å². The van der Waals surface area contributed by atoms with Gasteiger partial charge in [0.05, 0.1) is 17.6 Å². The van der Waals surface area contributed by atoms with Gasteiger partial charge in [-0.25, -0.2) is 14.6 Å². The Labute approximate surface area is 135 Å². The number of ether oxygens (including phenoxy) is 1. The Balaban J connectivity index is 1.74. The second-order valence-corrected chi connectivity index (χ2v) is 6.85. The lowest BCUT2D eigenvalue weighted by Gasteiger charge is -2.24. The van der Waals surface area contributed by atoms with Gasteiger partial charge in [-0.2, -0.15) is 0 Å². The first-order valence-corrected chi connectivity index (χ1v) is 7.71. The molecule has 23 heavy (non-hydrogen) atoms. The van der Waals surface area contributed by atoms with E-state index in [1.807, 2.05) is 26.8 Å². The minimum absolute atomic E-state index is 0.173. The maximum atomic E-state index is 12.1. The monoisotopic (exact) mass is 312 g/mol. The summed E-state index contributed by atoms with van der Waals surface area (Å²) in [5.41, 5.74) is 1.81. The number of benzene rings is 1. The summed E-state index contributed by atoms with van der Waals surface area (Å²) < 4.78 is 5.42. The number of hydrogen-bond donors (Lipinski definition) is 1. The normalized spacial score (nSPS) is 18.2. The molecule has 0 bridgehead atoms. The van der Waals surface area contributed by atoms with E-state index in [9.17, 15) is 4.79 Å². The fourth-order valence-electron chi connectivity index (χ4n) is 2.75. The average Bonchev–Trinajstić information content (AvgIpc) is 3.11. The molecule has 2 heterocycles. The number of imidazole rings is 1. The Morgan fingerprint density at radius 2 is 2.26 bits per heavy atom. The zero-order valence-corrected chi connectivity index (χ0v) is 13.6. The number of nitrogens with zero attached hydrogens (tertiary/aromatic N) is 3. The van der Waals surface area contributed by atoms with Gasteiger partial charge in [-0.3, -0.25) is 0 Å². The van der Waals surface area contributed by atoms with Crippen LogP contribution in [0.5, 0.6) is 0 Å². The van der Waals surface area contributed by atoms with Crippen molar-refractivity contribution in [1.29, 1.82) is 0 Å². The number of aromatic nitrogens is 2. The van der Waals surface area contributed by atoms with Gasteiger partial charge in [0.1, 0.15) is 11.4 Å². The van der Waals surface area contributed by atoms with Crippen molar-refractivity contribution < 1.29 is 9.53 Å². The number of carbonyl (C=O) groups excluding carboxylic acids is 1. The molecule has 120 valence electrons. The average molecular weight is 312 g/mol. The van der Waals surface area contributed by atoms with Gasteiger partial charge in [0.15, 0.2) is 5.69 Å². The topological polar surface area (TPSA) is 62.6 Å². The van der Waals surface area contributed by atoms with Gasteiger partial charge in [0.2, 0.25) is 0 Å². The largest absolute Gasteiger partial charge is 0.444 e. The summed E-state index contributed by atoms with van der Waals surface area (Å²) >= 11 is 0. The summed E-state index contributed by atoms with van der Waals surface area (Å²) in [6, 6.07) is 5.43. The molecule has 1 saturated heterocycles. The van der Waals surface area contributed by atoms with Gasteiger partial charge in [-0.15, -0.1) is 0 Å². The minimum atomic E-state index is -0.481. The van der Waals surface area contributed by atoms with E-state index in [1.165, 1.54) is 0 Å². The lowest BCUT2D eigenvalue weighted by molar-refractivity contribution is 0.0292. The van der Waals surface area contributed by atoms with Crippen molar-refractivity contribution in [2.24, 2.45) is 0 Å². The van der Waals surface area contributed by atoms with Crippen LogP contribution in [0.4, 0.5) is 10.5 Å². The molecular formula is C17H20N4O2. The van der Waals surface area contributed by atoms with Crippen LogP contribution in [0.3, 0.4) is 0 Å². The Morgan fingerprint density at radius 1 is 1.48 bits per heavy atom. The van der Waals surface area contributed by atoms with E-state index < -0.39 is 5.60 Å². The minimum Gasteiger partial charge on any atom is -0.444 e. The Morgan fingerprint density at radius 3 is 2.96 bits per heavy atom. The number of aromatic amines is 1. The first-order valence-electron chi connectivity index (χ1n) is 7.71. The summed E-state index contributed by atoms with van der Waals surface area (Å²) in [6.07, 6.45) is 0.584. The molecule has 1 aliphatic rings. The Hall–Kier alpha value is -2.55. The second-order valence-electron chi connectivity index (χ2n) is 6.85. The zero-order chi connectivity index (χ0) is 16.6. The number of fused-ring (bicyclic) bond motifs is 1. The third kappa shape index (κ3) is 3.29. The van der Waals surface area contributed by atoms with Gasteiger partial charge in [0, 0.05) is 19.0 Å². The summed E-state index contributed by atoms with van der Waals surface area (Å²) in [6.45, 7) is 13.9. The van der Waals surface area contributed by atoms with Gasteiger partial charge >= 0.3 is 6.09 Å². The number of hydrogen-bond acceptors (Lipinski definition) is 3. The highest BCUT2D eigenvalue weighted by molar-refractivity contribution is 5.79. The molecule has 1 atom stereocenters. The molecule has 6 heteroatoms. The van der Waals surface area contributed by atoms with Crippen molar-refractivity contribution in [2.45, 2.75) is 38.7 Å². The maximum absolute atomic E-state index is 12.1. The zero-order valence-electron chi connectivity index (χ0n) is 13.6. The lowest BCUT2D eigenvalue weighted by atomic mass is 10.1. The molecule has 1 N–H and O–H groups in total. The van der Waals surface area contributed by atoms with Crippen LogP contribution in [0.2, 0.25) is 0 Å². The third-order valence-electron chi connectivity index (χ3n) is 3.84. The van der Waals surface area contributed by atoms with E-state index in [0.29, 0.717) is 18.8 Å². The van der Waals surface area contributed by atoms with Gasteiger partial charge in [-0.1, -0.05) is 6.07 Å². The molecule has 2 aromatic rings. The molecule has 1 unspecified atom stereocenters. The van der Waals surface area contributed by atoms with Crippen LogP contribution in [-0.2, 0) is 4.74 Å². The van der Waals surface area contributed by atoms with Crippen LogP contribution in [0, 0.1) is 6.57 Å². The number of likely N-dealkylation sites (tertiary alicyclic amines) is 1. The van der Waals surface area contributed by atoms with E-state index >= 15 is 0 Å². The molecule has 0 spiro atoms. The maximum Gasteiger partial charge on any atom is 0.410 e. The number of H-pyrrole nitrogens is 1. The Bertz CT molecular complexity index is 782. The van der Waals surface area contributed by atoms with Gasteiger partial charge in [0.25, 0.3) is 0 Å². The van der Waals surface area contributed by atoms with Crippen LogP contribution < -0.4 is 0 Å². The molecule has 6 nitrogen and oxygen atoms in total. The molecule has 1 aliphatic heterocycles. The van der Waals surface area contributed by atoms with Crippen molar-refractivity contribution in [1.82, 2.24) is 14.9 Å². The van der Waals surface area contributed by atoms with Gasteiger partial charge in [-0.05, 0) is 39.3 Å². The van der Waals surface area contributed by atoms with Crippen LogP contribution in [0.25, 0.3) is 15.9 Å². The smallest absolute Gasteiger partial charge is 0.410 e. The molecular weight excluding hydrogens is 292 g/mol. The predicted octanol–water partition coefficient (Wildman–Crippen LogP) is 3.84. The fraction of sp³-hybridized carbons (Fsp3) is 0.471. The first-order chi connectivity index (χ1) is 10.9. The van der Waals surface area contributed by atoms with E-state index in [1.54, 1.807) is 17.0 Å². The van der Waals surface area contributed by atoms with E-state index in [2.05, 4.69) is 14.8 Å². The first kappa shape index (κ1) is 15.3. The van der Waals surface area contributed by atoms with Crippen LogP contribution in [0.15, 0.2) is 18.2 Å². The molecule has 1 amide bonds. The van der Waals surface area contributed by atoms with E-state index in [-0.39, 0.29) is 12.0 Å². The fourth-order valence-corrected chi connectivity index (χ4v) is 2.75. The summed E-state index contributed by atoms with van der Waals surface area (Å²) in [4.78, 5) is 25.2. The summed E-state index contributed by atoms with van der Waals surface area (Å²) in [5, 5.41) is 0. The second kappa shape index (κ2) is 5.58. The van der Waals surface area contributed by atoms with Crippen LogP contribution in [0.1, 0.15) is 38.9 Å². The number of amides is 1. The van der Waals surface area contributed by atoms with Crippen molar-refractivity contribution in [3.8, 4) is 0 Å². The highest BCUT2D eigenvalue weighted by Crippen LogP contribution is 2.29. The van der Waals surface area contributed by atoms with E-state index in [4.69, 9.17) is 11.3 Å². The number of rotatable bonds is 1.